The standard InChI is InChI=1S/C13H20N2O3S2/c1-4-18-13(17)12-15-10(8-20-12)11(16)14-9(3)6-7-19-5-2/h8-9H,4-7H2,1-3H3,(H,14,16). The maximum absolute atomic E-state index is 12.0. The van der Waals surface area contributed by atoms with Crippen LogP contribution in [0.2, 0.25) is 0 Å². The Morgan fingerprint density at radius 3 is 2.90 bits per heavy atom. The number of thiazole rings is 1. The Labute approximate surface area is 127 Å². The Bertz CT molecular complexity index is 449. The molecule has 0 aliphatic carbocycles. The lowest BCUT2D eigenvalue weighted by molar-refractivity contribution is 0.0526. The quantitative estimate of drug-likeness (QED) is 0.590. The zero-order valence-electron chi connectivity index (χ0n) is 12.0. The van der Waals surface area contributed by atoms with E-state index in [4.69, 9.17) is 4.74 Å². The molecule has 20 heavy (non-hydrogen) atoms. The lowest BCUT2D eigenvalue weighted by Gasteiger charge is -2.12. The number of ether oxygens (including phenoxy) is 1. The van der Waals surface area contributed by atoms with Crippen LogP contribution in [0, 0.1) is 0 Å². The van der Waals surface area contributed by atoms with Gasteiger partial charge in [0.2, 0.25) is 5.01 Å². The number of thioether (sulfide) groups is 1. The van der Waals surface area contributed by atoms with Crippen LogP contribution in [0.1, 0.15) is 47.5 Å². The topological polar surface area (TPSA) is 68.3 Å². The summed E-state index contributed by atoms with van der Waals surface area (Å²) in [6, 6.07) is 0.0919. The summed E-state index contributed by atoms with van der Waals surface area (Å²) < 4.78 is 4.84. The van der Waals surface area contributed by atoms with Crippen molar-refractivity contribution in [1.29, 1.82) is 0 Å². The van der Waals surface area contributed by atoms with Gasteiger partial charge in [0, 0.05) is 11.4 Å². The Hall–Kier alpha value is -1.08. The average molecular weight is 316 g/mol. The fraction of sp³-hybridized carbons (Fsp3) is 0.615. The van der Waals surface area contributed by atoms with Crippen LogP contribution in [-0.4, -0.2) is 41.0 Å². The molecule has 0 aliphatic heterocycles. The van der Waals surface area contributed by atoms with Crippen LogP contribution in [0.5, 0.6) is 0 Å². The molecule has 1 rings (SSSR count). The number of hydrogen-bond donors (Lipinski definition) is 1. The van der Waals surface area contributed by atoms with Crippen LogP contribution in [-0.2, 0) is 4.74 Å². The van der Waals surface area contributed by atoms with Crippen molar-refractivity contribution in [2.24, 2.45) is 0 Å². The second-order valence-electron chi connectivity index (χ2n) is 4.12. The number of nitrogens with zero attached hydrogens (tertiary/aromatic N) is 1. The molecule has 5 nitrogen and oxygen atoms in total. The second kappa shape index (κ2) is 8.97. The zero-order chi connectivity index (χ0) is 15.0. The molecule has 1 aromatic rings. The lowest BCUT2D eigenvalue weighted by atomic mass is 10.2. The van der Waals surface area contributed by atoms with E-state index < -0.39 is 5.97 Å². The van der Waals surface area contributed by atoms with Crippen molar-refractivity contribution >= 4 is 35.0 Å². The van der Waals surface area contributed by atoms with Gasteiger partial charge in [-0.15, -0.1) is 11.3 Å². The number of carbonyl (C=O) groups excluding carboxylic acids is 2. The van der Waals surface area contributed by atoms with Crippen molar-refractivity contribution in [2.45, 2.75) is 33.2 Å². The zero-order valence-corrected chi connectivity index (χ0v) is 13.6. The molecule has 112 valence electrons. The summed E-state index contributed by atoms with van der Waals surface area (Å²) in [6.07, 6.45) is 0.916. The third kappa shape index (κ3) is 5.50. The molecule has 0 saturated carbocycles. The van der Waals surface area contributed by atoms with E-state index in [1.165, 1.54) is 0 Å². The van der Waals surface area contributed by atoms with Gasteiger partial charge >= 0.3 is 5.97 Å². The van der Waals surface area contributed by atoms with E-state index >= 15 is 0 Å². The Morgan fingerprint density at radius 2 is 2.25 bits per heavy atom. The van der Waals surface area contributed by atoms with Gasteiger partial charge in [0.25, 0.3) is 5.91 Å². The molecule has 7 heteroatoms. The fourth-order valence-corrected chi connectivity index (χ4v) is 2.94. The average Bonchev–Trinajstić information content (AvgIpc) is 2.89. The summed E-state index contributed by atoms with van der Waals surface area (Å²) >= 11 is 2.97. The number of esters is 1. The van der Waals surface area contributed by atoms with Crippen molar-refractivity contribution in [3.8, 4) is 0 Å². The molecule has 1 N–H and O–H groups in total. The Morgan fingerprint density at radius 1 is 1.50 bits per heavy atom. The molecular formula is C13H20N2O3S2. The predicted molar refractivity (Wildman–Crippen MR) is 82.6 cm³/mol. The van der Waals surface area contributed by atoms with Crippen molar-refractivity contribution in [2.75, 3.05) is 18.1 Å². The maximum atomic E-state index is 12.0. The first-order valence-corrected chi connectivity index (χ1v) is 8.63. The summed E-state index contributed by atoms with van der Waals surface area (Å²) in [7, 11) is 0. The van der Waals surface area contributed by atoms with Gasteiger partial charge in [0.05, 0.1) is 6.61 Å². The molecule has 0 fully saturated rings. The minimum atomic E-state index is -0.482. The van der Waals surface area contributed by atoms with Crippen molar-refractivity contribution in [1.82, 2.24) is 10.3 Å². The highest BCUT2D eigenvalue weighted by atomic mass is 32.2. The van der Waals surface area contributed by atoms with Gasteiger partial charge in [-0.1, -0.05) is 6.92 Å². The first-order chi connectivity index (χ1) is 9.58. The summed E-state index contributed by atoms with van der Waals surface area (Å²) in [5.41, 5.74) is 0.271. The highest BCUT2D eigenvalue weighted by Gasteiger charge is 2.17. The van der Waals surface area contributed by atoms with Crippen molar-refractivity contribution in [3.63, 3.8) is 0 Å². The first kappa shape index (κ1) is 17.0. The fourth-order valence-electron chi connectivity index (χ4n) is 1.44. The molecule has 0 saturated heterocycles. The number of amides is 1. The smallest absolute Gasteiger partial charge is 0.367 e. The third-order valence-corrected chi connectivity index (χ3v) is 4.22. The molecule has 1 heterocycles. The van der Waals surface area contributed by atoms with Crippen LogP contribution in [0.3, 0.4) is 0 Å². The Kier molecular flexibility index (Phi) is 7.61. The van der Waals surface area contributed by atoms with Crippen LogP contribution in [0.25, 0.3) is 0 Å². The number of aromatic nitrogens is 1. The first-order valence-electron chi connectivity index (χ1n) is 6.59. The molecule has 0 bridgehead atoms. The number of carbonyl (C=O) groups is 2. The number of hydrogen-bond acceptors (Lipinski definition) is 6. The van der Waals surface area contributed by atoms with Crippen LogP contribution in [0.4, 0.5) is 0 Å². The third-order valence-electron chi connectivity index (χ3n) is 2.46. The SMILES string of the molecule is CCOC(=O)c1nc(C(=O)NC(C)CCSCC)cs1. The molecule has 0 radical (unpaired) electrons. The van der Waals surface area contributed by atoms with Gasteiger partial charge in [-0.05, 0) is 31.8 Å². The van der Waals surface area contributed by atoms with Crippen LogP contribution in [0.15, 0.2) is 5.38 Å². The van der Waals surface area contributed by atoms with Gasteiger partial charge in [-0.2, -0.15) is 11.8 Å². The van der Waals surface area contributed by atoms with E-state index in [0.717, 1.165) is 29.3 Å². The normalized spacial score (nSPS) is 11.9. The largest absolute Gasteiger partial charge is 0.461 e. The minimum absolute atomic E-state index is 0.0919. The van der Waals surface area contributed by atoms with E-state index in [9.17, 15) is 9.59 Å². The van der Waals surface area contributed by atoms with Gasteiger partial charge in [0.15, 0.2) is 0 Å². The molecular weight excluding hydrogens is 296 g/mol. The molecule has 0 aromatic carbocycles. The van der Waals surface area contributed by atoms with Gasteiger partial charge < -0.3 is 10.1 Å². The molecule has 1 aromatic heterocycles. The number of rotatable bonds is 8. The van der Waals surface area contributed by atoms with E-state index in [-0.39, 0.29) is 22.7 Å². The summed E-state index contributed by atoms with van der Waals surface area (Å²) in [4.78, 5) is 27.4. The van der Waals surface area contributed by atoms with Crippen molar-refractivity contribution in [3.05, 3.63) is 16.1 Å². The highest BCUT2D eigenvalue weighted by Crippen LogP contribution is 2.12. The summed E-state index contributed by atoms with van der Waals surface area (Å²) in [5, 5.41) is 4.67. The van der Waals surface area contributed by atoms with E-state index in [2.05, 4.69) is 17.2 Å². The monoisotopic (exact) mass is 316 g/mol. The molecule has 1 amide bonds. The summed E-state index contributed by atoms with van der Waals surface area (Å²) in [6.45, 7) is 6.11. The predicted octanol–water partition coefficient (Wildman–Crippen LogP) is 2.58. The second-order valence-corrected chi connectivity index (χ2v) is 6.37. The lowest BCUT2D eigenvalue weighted by Crippen LogP contribution is -2.33. The van der Waals surface area contributed by atoms with Gasteiger partial charge in [-0.3, -0.25) is 4.79 Å². The van der Waals surface area contributed by atoms with E-state index in [1.807, 2.05) is 18.7 Å². The molecule has 0 spiro atoms. The summed E-state index contributed by atoms with van der Waals surface area (Å²) in [5.74, 6) is 1.37. The molecule has 0 aliphatic rings. The van der Waals surface area contributed by atoms with Crippen LogP contribution < -0.4 is 5.32 Å². The van der Waals surface area contributed by atoms with E-state index in [1.54, 1.807) is 12.3 Å². The van der Waals surface area contributed by atoms with Gasteiger partial charge in [-0.25, -0.2) is 9.78 Å². The van der Waals surface area contributed by atoms with Crippen LogP contribution >= 0.6 is 23.1 Å². The van der Waals surface area contributed by atoms with Crippen molar-refractivity contribution < 1.29 is 14.3 Å². The van der Waals surface area contributed by atoms with Gasteiger partial charge in [0.1, 0.15) is 5.69 Å². The molecule has 1 atom stereocenters. The number of nitrogens with one attached hydrogen (secondary N) is 1. The minimum Gasteiger partial charge on any atom is -0.461 e. The molecule has 1 unspecified atom stereocenters. The maximum Gasteiger partial charge on any atom is 0.367 e. The Balaban J connectivity index is 2.49. The van der Waals surface area contributed by atoms with E-state index in [0.29, 0.717) is 6.61 Å². The highest BCUT2D eigenvalue weighted by molar-refractivity contribution is 7.99.